The largest absolute Gasteiger partial charge is 0.842 e. The third-order valence-corrected chi connectivity index (χ3v) is 6.20. The normalized spacial score (nSPS) is 12.1. The third kappa shape index (κ3) is 5.22. The van der Waals surface area contributed by atoms with Crippen LogP contribution in [0.4, 0.5) is 26.3 Å². The van der Waals surface area contributed by atoms with Crippen LogP contribution in [0.2, 0.25) is 0 Å². The summed E-state index contributed by atoms with van der Waals surface area (Å²) in [7, 11) is 0. The molecular weight excluding hydrogens is 538 g/mol. The maximum absolute atomic E-state index is 13.7. The quantitative estimate of drug-likeness (QED) is 0.191. The minimum Gasteiger partial charge on any atom is -0.842 e. The molecule has 5 aromatic rings. The van der Waals surface area contributed by atoms with E-state index in [1.165, 1.54) is 22.9 Å². The lowest BCUT2D eigenvalue weighted by molar-refractivity contribution is -0.708. The number of aromatic nitrogens is 2. The van der Waals surface area contributed by atoms with Crippen LogP contribution in [0.5, 0.6) is 17.4 Å². The van der Waals surface area contributed by atoms with Gasteiger partial charge in [0.15, 0.2) is 0 Å². The fourth-order valence-corrected chi connectivity index (χ4v) is 4.27. The van der Waals surface area contributed by atoms with Gasteiger partial charge in [-0.1, -0.05) is 36.4 Å². The summed E-state index contributed by atoms with van der Waals surface area (Å²) < 4.78 is 87.1. The SMILES string of the molecule is O=c1c(-c2cccc(C(F)(F)F)c2)c([O-])[n+](Cc2ccccc2Oc2ccc(C(F)(F)F)cc2)c2ccccn12. The first-order valence-corrected chi connectivity index (χ1v) is 11.8. The van der Waals surface area contributed by atoms with Crippen LogP contribution in [-0.4, -0.2) is 4.40 Å². The highest BCUT2D eigenvalue weighted by molar-refractivity contribution is 5.67. The van der Waals surface area contributed by atoms with Crippen molar-refractivity contribution < 1.29 is 40.8 Å². The molecule has 0 aliphatic rings. The third-order valence-electron chi connectivity index (χ3n) is 6.20. The lowest BCUT2D eigenvalue weighted by Gasteiger charge is -2.19. The first-order chi connectivity index (χ1) is 18.9. The Morgan fingerprint density at radius 2 is 1.45 bits per heavy atom. The van der Waals surface area contributed by atoms with Crippen molar-refractivity contribution in [2.24, 2.45) is 0 Å². The van der Waals surface area contributed by atoms with E-state index in [2.05, 4.69) is 0 Å². The lowest BCUT2D eigenvalue weighted by atomic mass is 10.0. The smallest absolute Gasteiger partial charge is 0.416 e. The molecule has 0 fully saturated rings. The highest BCUT2D eigenvalue weighted by Crippen LogP contribution is 2.34. The Hall–Kier alpha value is -4.80. The molecule has 0 saturated carbocycles. The predicted octanol–water partition coefficient (Wildman–Crippen LogP) is 6.21. The summed E-state index contributed by atoms with van der Waals surface area (Å²) in [5.41, 5.74) is -2.67. The standard InChI is InChI=1S/C29H18F6N2O3/c30-28(31,32)20-11-13-22(14-12-20)40-23-9-2-1-6-19(23)17-37-24-10-3-4-15-36(24)26(38)25(27(37)39)18-7-5-8-21(16-18)29(33,34)35/h1-16H,17H2. The number of alkyl halides is 6. The maximum Gasteiger partial charge on any atom is 0.416 e. The zero-order valence-corrected chi connectivity index (χ0v) is 20.3. The average Bonchev–Trinajstić information content (AvgIpc) is 2.91. The zero-order chi connectivity index (χ0) is 28.7. The van der Waals surface area contributed by atoms with Gasteiger partial charge in [0.05, 0.1) is 23.2 Å². The van der Waals surface area contributed by atoms with Crippen LogP contribution in [0.15, 0.2) is 102 Å². The summed E-state index contributed by atoms with van der Waals surface area (Å²) in [5, 5.41) is 13.7. The van der Waals surface area contributed by atoms with Gasteiger partial charge in [0, 0.05) is 11.6 Å². The van der Waals surface area contributed by atoms with E-state index < -0.39 is 40.5 Å². The minimum atomic E-state index is -4.68. The van der Waals surface area contributed by atoms with Crippen LogP contribution in [0.25, 0.3) is 16.8 Å². The van der Waals surface area contributed by atoms with E-state index in [0.717, 1.165) is 46.9 Å². The topological polar surface area (TPSA) is 57.6 Å². The van der Waals surface area contributed by atoms with E-state index in [1.54, 1.807) is 36.4 Å². The number of halogens is 6. The van der Waals surface area contributed by atoms with Gasteiger partial charge in [-0.05, 0) is 54.1 Å². The monoisotopic (exact) mass is 556 g/mol. The molecule has 0 radical (unpaired) electrons. The Balaban J connectivity index is 1.60. The number of rotatable bonds is 5. The molecule has 0 bridgehead atoms. The molecule has 0 aliphatic heterocycles. The van der Waals surface area contributed by atoms with Crippen molar-refractivity contribution in [1.29, 1.82) is 0 Å². The molecular formula is C29H18F6N2O3. The summed E-state index contributed by atoms with van der Waals surface area (Å²) in [6, 6.07) is 19.2. The maximum atomic E-state index is 13.7. The van der Waals surface area contributed by atoms with E-state index in [1.807, 2.05) is 0 Å². The van der Waals surface area contributed by atoms with Gasteiger partial charge in [-0.3, -0.25) is 0 Å². The lowest BCUT2D eigenvalue weighted by Crippen LogP contribution is -2.44. The van der Waals surface area contributed by atoms with Crippen LogP contribution in [0, 0.1) is 0 Å². The minimum absolute atomic E-state index is 0.117. The highest BCUT2D eigenvalue weighted by Gasteiger charge is 2.32. The molecule has 0 amide bonds. The molecule has 2 heterocycles. The summed E-state index contributed by atoms with van der Waals surface area (Å²) in [4.78, 5) is 13.3. The van der Waals surface area contributed by atoms with Gasteiger partial charge < -0.3 is 9.84 Å². The van der Waals surface area contributed by atoms with Crippen molar-refractivity contribution in [3.05, 3.63) is 124 Å². The van der Waals surface area contributed by atoms with Gasteiger partial charge in [-0.2, -0.15) is 30.7 Å². The second-order valence-electron chi connectivity index (χ2n) is 8.81. The van der Waals surface area contributed by atoms with Crippen molar-refractivity contribution in [3.8, 4) is 28.5 Å². The number of pyridine rings is 1. The molecule has 2 aromatic heterocycles. The zero-order valence-electron chi connectivity index (χ0n) is 20.3. The molecule has 0 saturated heterocycles. The molecule has 11 heteroatoms. The Kier molecular flexibility index (Phi) is 6.74. The molecule has 5 rings (SSSR count). The summed E-state index contributed by atoms with van der Waals surface area (Å²) in [6.45, 7) is -0.157. The molecule has 204 valence electrons. The molecule has 5 nitrogen and oxygen atoms in total. The second kappa shape index (κ2) is 10.1. The van der Waals surface area contributed by atoms with E-state index in [9.17, 15) is 36.2 Å². The molecule has 3 aromatic carbocycles. The van der Waals surface area contributed by atoms with Crippen molar-refractivity contribution in [1.82, 2.24) is 4.40 Å². The fourth-order valence-electron chi connectivity index (χ4n) is 4.27. The first kappa shape index (κ1) is 26.8. The summed E-state index contributed by atoms with van der Waals surface area (Å²) in [5.74, 6) is -0.471. The summed E-state index contributed by atoms with van der Waals surface area (Å²) >= 11 is 0. The van der Waals surface area contributed by atoms with Crippen molar-refractivity contribution in [3.63, 3.8) is 0 Å². The van der Waals surface area contributed by atoms with E-state index >= 15 is 0 Å². The van der Waals surface area contributed by atoms with Gasteiger partial charge in [0.2, 0.25) is 0 Å². The predicted molar refractivity (Wildman–Crippen MR) is 131 cm³/mol. The van der Waals surface area contributed by atoms with Crippen molar-refractivity contribution in [2.45, 2.75) is 18.9 Å². The van der Waals surface area contributed by atoms with Crippen LogP contribution in [-0.2, 0) is 18.9 Å². The number of hydrogen-bond donors (Lipinski definition) is 0. The van der Waals surface area contributed by atoms with Crippen molar-refractivity contribution >= 4 is 5.65 Å². The number of benzene rings is 3. The molecule has 0 atom stereocenters. The Morgan fingerprint density at radius 3 is 2.15 bits per heavy atom. The van der Waals surface area contributed by atoms with Crippen molar-refractivity contribution in [2.75, 3.05) is 0 Å². The summed E-state index contributed by atoms with van der Waals surface area (Å²) in [6.07, 6.45) is -7.80. The first-order valence-electron chi connectivity index (χ1n) is 11.8. The molecule has 0 N–H and O–H groups in total. The number of para-hydroxylation sites is 1. The van der Waals surface area contributed by atoms with E-state index in [4.69, 9.17) is 4.74 Å². The molecule has 0 spiro atoms. The average molecular weight is 556 g/mol. The number of fused-ring (bicyclic) bond motifs is 1. The van der Waals surface area contributed by atoms with Crippen LogP contribution < -0.4 is 20.0 Å². The van der Waals surface area contributed by atoms with Crippen LogP contribution in [0.3, 0.4) is 0 Å². The Morgan fingerprint density at radius 1 is 0.775 bits per heavy atom. The van der Waals surface area contributed by atoms with Crippen LogP contribution in [0.1, 0.15) is 16.7 Å². The fraction of sp³-hybridized carbons (Fsp3) is 0.103. The Bertz CT molecular complexity index is 1760. The Labute approximate surface area is 222 Å². The molecule has 0 aliphatic carbocycles. The number of nitrogens with zero attached hydrogens (tertiary/aromatic N) is 2. The second-order valence-corrected chi connectivity index (χ2v) is 8.81. The number of hydrogen-bond acceptors (Lipinski definition) is 3. The van der Waals surface area contributed by atoms with Gasteiger partial charge in [0.25, 0.3) is 5.65 Å². The van der Waals surface area contributed by atoms with Crippen LogP contribution >= 0.6 is 0 Å². The molecule has 0 unspecified atom stereocenters. The van der Waals surface area contributed by atoms with Gasteiger partial charge in [-0.15, -0.1) is 0 Å². The van der Waals surface area contributed by atoms with Gasteiger partial charge in [0.1, 0.15) is 23.6 Å². The molecule has 40 heavy (non-hydrogen) atoms. The number of ether oxygens (including phenoxy) is 1. The highest BCUT2D eigenvalue weighted by atomic mass is 19.4. The van der Waals surface area contributed by atoms with Gasteiger partial charge >= 0.3 is 17.9 Å². The van der Waals surface area contributed by atoms with E-state index in [-0.39, 0.29) is 29.3 Å². The van der Waals surface area contributed by atoms with E-state index in [0.29, 0.717) is 5.56 Å². The van der Waals surface area contributed by atoms with Gasteiger partial charge in [-0.25, -0.2) is 9.36 Å².